The molecule has 2 aromatic rings. The van der Waals surface area contributed by atoms with E-state index in [4.69, 9.17) is 0 Å². The van der Waals surface area contributed by atoms with Crippen LogP contribution in [0.2, 0.25) is 0 Å². The number of hydrogen-bond donors (Lipinski definition) is 0. The van der Waals surface area contributed by atoms with E-state index < -0.39 is 0 Å². The highest BCUT2D eigenvalue weighted by Gasteiger charge is 2.25. The Morgan fingerprint density at radius 3 is 2.64 bits per heavy atom. The van der Waals surface area contributed by atoms with Gasteiger partial charge in [0.2, 0.25) is 0 Å². The molecule has 0 radical (unpaired) electrons. The molecule has 0 N–H and O–H groups in total. The molecule has 0 amide bonds. The highest BCUT2D eigenvalue weighted by Crippen LogP contribution is 2.37. The first kappa shape index (κ1) is 7.80. The fourth-order valence-electron chi connectivity index (χ4n) is 1.78. The number of hydrogen-bond acceptors (Lipinski definition) is 1. The van der Waals surface area contributed by atoms with Gasteiger partial charge in [0, 0.05) is 6.04 Å². The molecule has 1 aliphatic rings. The largest absolute Gasteiger partial charge is 0.328 e. The van der Waals surface area contributed by atoms with E-state index in [0.29, 0.717) is 6.04 Å². The highest BCUT2D eigenvalue weighted by atomic mass is 15.1. The van der Waals surface area contributed by atoms with Crippen LogP contribution in [0.1, 0.15) is 18.9 Å². The van der Waals surface area contributed by atoms with Gasteiger partial charge in [-0.25, -0.2) is 4.98 Å². The maximum atomic E-state index is 4.22. The van der Waals surface area contributed by atoms with Crippen molar-refractivity contribution in [2.45, 2.75) is 18.9 Å². The lowest BCUT2D eigenvalue weighted by Gasteiger charge is -2.05. The molecule has 1 aliphatic carbocycles. The smallest absolute Gasteiger partial charge is 0.0953 e. The van der Waals surface area contributed by atoms with E-state index in [9.17, 15) is 0 Å². The molecule has 0 atom stereocenters. The highest BCUT2D eigenvalue weighted by molar-refractivity contribution is 5.58. The van der Waals surface area contributed by atoms with Crippen LogP contribution in [0.25, 0.3) is 11.3 Å². The second-order valence-electron chi connectivity index (χ2n) is 3.78. The molecular weight excluding hydrogens is 172 g/mol. The molecule has 3 rings (SSSR count). The Hall–Kier alpha value is -1.57. The summed E-state index contributed by atoms with van der Waals surface area (Å²) < 4.78 is 2.29. The number of imidazole rings is 1. The van der Waals surface area contributed by atoms with Crippen LogP contribution in [-0.2, 0) is 0 Å². The minimum absolute atomic E-state index is 0.702. The second-order valence-corrected chi connectivity index (χ2v) is 3.78. The third-order valence-corrected chi connectivity index (χ3v) is 2.68. The van der Waals surface area contributed by atoms with Crippen molar-refractivity contribution in [3.8, 4) is 11.3 Å². The summed E-state index contributed by atoms with van der Waals surface area (Å²) in [5, 5.41) is 0. The maximum absolute atomic E-state index is 4.22. The van der Waals surface area contributed by atoms with Crippen LogP contribution in [0.5, 0.6) is 0 Å². The Labute approximate surface area is 83.2 Å². The van der Waals surface area contributed by atoms with E-state index in [1.807, 2.05) is 18.6 Å². The average Bonchev–Trinajstić information content (AvgIpc) is 2.98. The summed E-state index contributed by atoms with van der Waals surface area (Å²) in [5.41, 5.74) is 2.50. The normalized spacial score (nSPS) is 15.7. The third kappa shape index (κ3) is 1.23. The standard InChI is InChI=1S/C12H12N2/c1-2-4-10(5-3-1)12-8-13-9-14(12)11-6-7-11/h1-5,8-9,11H,6-7H2. The van der Waals surface area contributed by atoms with Gasteiger partial charge in [0.05, 0.1) is 18.2 Å². The zero-order valence-electron chi connectivity index (χ0n) is 7.93. The van der Waals surface area contributed by atoms with E-state index in [2.05, 4.69) is 33.8 Å². The molecule has 1 aromatic heterocycles. The molecule has 1 saturated carbocycles. The van der Waals surface area contributed by atoms with E-state index in [-0.39, 0.29) is 0 Å². The molecule has 2 nitrogen and oxygen atoms in total. The minimum atomic E-state index is 0.702. The first-order chi connectivity index (χ1) is 6.95. The number of aromatic nitrogens is 2. The predicted molar refractivity (Wildman–Crippen MR) is 55.9 cm³/mol. The fourth-order valence-corrected chi connectivity index (χ4v) is 1.78. The Kier molecular flexibility index (Phi) is 1.66. The summed E-state index contributed by atoms with van der Waals surface area (Å²) in [5.74, 6) is 0. The molecule has 1 heterocycles. The Morgan fingerprint density at radius 1 is 1.14 bits per heavy atom. The summed E-state index contributed by atoms with van der Waals surface area (Å²) in [7, 11) is 0. The van der Waals surface area contributed by atoms with Gasteiger partial charge in [-0.05, 0) is 18.4 Å². The van der Waals surface area contributed by atoms with Crippen molar-refractivity contribution >= 4 is 0 Å². The summed E-state index contributed by atoms with van der Waals surface area (Å²) in [6, 6.07) is 11.2. The zero-order valence-corrected chi connectivity index (χ0v) is 7.93. The van der Waals surface area contributed by atoms with Crippen molar-refractivity contribution in [1.29, 1.82) is 0 Å². The van der Waals surface area contributed by atoms with Crippen LogP contribution in [0.3, 0.4) is 0 Å². The van der Waals surface area contributed by atoms with Gasteiger partial charge in [-0.3, -0.25) is 0 Å². The molecular formula is C12H12N2. The second kappa shape index (κ2) is 2.98. The molecule has 0 aliphatic heterocycles. The number of nitrogens with zero attached hydrogens (tertiary/aromatic N) is 2. The van der Waals surface area contributed by atoms with Crippen LogP contribution >= 0.6 is 0 Å². The van der Waals surface area contributed by atoms with E-state index in [1.54, 1.807) is 0 Å². The van der Waals surface area contributed by atoms with Gasteiger partial charge < -0.3 is 4.57 Å². The first-order valence-electron chi connectivity index (χ1n) is 5.02. The lowest BCUT2D eigenvalue weighted by Crippen LogP contribution is -1.93. The molecule has 1 aromatic carbocycles. The van der Waals surface area contributed by atoms with Gasteiger partial charge >= 0.3 is 0 Å². The lowest BCUT2D eigenvalue weighted by molar-refractivity contribution is 0.748. The van der Waals surface area contributed by atoms with E-state index in [1.165, 1.54) is 24.1 Å². The number of rotatable bonds is 2. The summed E-state index contributed by atoms with van der Waals surface area (Å²) >= 11 is 0. The minimum Gasteiger partial charge on any atom is -0.328 e. The summed E-state index contributed by atoms with van der Waals surface area (Å²) in [6.07, 6.45) is 6.50. The molecule has 2 heteroatoms. The Bertz CT molecular complexity index is 427. The van der Waals surface area contributed by atoms with E-state index >= 15 is 0 Å². The van der Waals surface area contributed by atoms with Crippen LogP contribution in [-0.4, -0.2) is 9.55 Å². The molecule has 0 unspecified atom stereocenters. The molecule has 0 spiro atoms. The monoisotopic (exact) mass is 184 g/mol. The van der Waals surface area contributed by atoms with E-state index in [0.717, 1.165) is 0 Å². The predicted octanol–water partition coefficient (Wildman–Crippen LogP) is 2.89. The van der Waals surface area contributed by atoms with Crippen LogP contribution in [0.15, 0.2) is 42.9 Å². The zero-order chi connectivity index (χ0) is 9.38. The first-order valence-corrected chi connectivity index (χ1v) is 5.02. The van der Waals surface area contributed by atoms with Gasteiger partial charge in [0.1, 0.15) is 0 Å². The average molecular weight is 184 g/mol. The van der Waals surface area contributed by atoms with Gasteiger partial charge in [-0.1, -0.05) is 30.3 Å². The summed E-state index contributed by atoms with van der Waals surface area (Å²) in [4.78, 5) is 4.22. The molecule has 1 fully saturated rings. The molecule has 0 saturated heterocycles. The van der Waals surface area contributed by atoms with Crippen molar-refractivity contribution in [3.05, 3.63) is 42.9 Å². The van der Waals surface area contributed by atoms with Crippen LogP contribution in [0.4, 0.5) is 0 Å². The molecule has 0 bridgehead atoms. The maximum Gasteiger partial charge on any atom is 0.0953 e. The summed E-state index contributed by atoms with van der Waals surface area (Å²) in [6.45, 7) is 0. The molecule has 14 heavy (non-hydrogen) atoms. The lowest BCUT2D eigenvalue weighted by atomic mass is 10.2. The van der Waals surface area contributed by atoms with Crippen LogP contribution in [0, 0.1) is 0 Å². The Balaban J connectivity index is 2.07. The van der Waals surface area contributed by atoms with Gasteiger partial charge in [-0.15, -0.1) is 0 Å². The quantitative estimate of drug-likeness (QED) is 0.701. The van der Waals surface area contributed by atoms with Gasteiger partial charge in [-0.2, -0.15) is 0 Å². The molecule has 70 valence electrons. The SMILES string of the molecule is c1ccc(-c2cncn2C2CC2)cc1. The van der Waals surface area contributed by atoms with Gasteiger partial charge in [0.25, 0.3) is 0 Å². The van der Waals surface area contributed by atoms with Crippen molar-refractivity contribution < 1.29 is 0 Å². The fraction of sp³-hybridized carbons (Fsp3) is 0.250. The Morgan fingerprint density at radius 2 is 1.93 bits per heavy atom. The topological polar surface area (TPSA) is 17.8 Å². The van der Waals surface area contributed by atoms with Crippen LogP contribution < -0.4 is 0 Å². The van der Waals surface area contributed by atoms with Crippen molar-refractivity contribution in [2.75, 3.05) is 0 Å². The van der Waals surface area contributed by atoms with Crippen molar-refractivity contribution in [1.82, 2.24) is 9.55 Å². The van der Waals surface area contributed by atoms with Crippen molar-refractivity contribution in [2.24, 2.45) is 0 Å². The van der Waals surface area contributed by atoms with Crippen molar-refractivity contribution in [3.63, 3.8) is 0 Å². The third-order valence-electron chi connectivity index (χ3n) is 2.68. The number of benzene rings is 1. The van der Waals surface area contributed by atoms with Gasteiger partial charge in [0.15, 0.2) is 0 Å².